The lowest BCUT2D eigenvalue weighted by Gasteiger charge is -2.27. The van der Waals surface area contributed by atoms with Crippen molar-refractivity contribution in [2.45, 2.75) is 31.4 Å². The molecule has 0 saturated heterocycles. The Bertz CT molecular complexity index is 296. The van der Waals surface area contributed by atoms with Crippen LogP contribution in [0.3, 0.4) is 0 Å². The minimum absolute atomic E-state index is 0.143. The van der Waals surface area contributed by atoms with Gasteiger partial charge in [-0.05, 0) is 30.4 Å². The molecule has 1 aliphatic rings. The molecule has 1 aromatic carbocycles. The van der Waals surface area contributed by atoms with Gasteiger partial charge in [0.1, 0.15) is 6.23 Å². The molecule has 0 spiro atoms. The quantitative estimate of drug-likeness (QED) is 0.637. The Morgan fingerprint density at radius 1 is 1.38 bits per heavy atom. The lowest BCUT2D eigenvalue weighted by atomic mass is 9.82. The fraction of sp³-hybridized carbons (Fsp3) is 0.455. The summed E-state index contributed by atoms with van der Waals surface area (Å²) in [5, 5.41) is 9.40. The Morgan fingerprint density at radius 3 is 2.92 bits per heavy atom. The largest absolute Gasteiger partial charge is 0.378 e. The van der Waals surface area contributed by atoms with Gasteiger partial charge < -0.3 is 10.8 Å². The van der Waals surface area contributed by atoms with Gasteiger partial charge in [0.05, 0.1) is 0 Å². The lowest BCUT2D eigenvalue weighted by Crippen LogP contribution is -2.30. The second kappa shape index (κ2) is 3.48. The maximum atomic E-state index is 9.40. The molecule has 2 atom stereocenters. The van der Waals surface area contributed by atoms with Crippen LogP contribution in [0.25, 0.3) is 0 Å². The van der Waals surface area contributed by atoms with E-state index in [2.05, 4.69) is 12.1 Å². The fourth-order valence-electron chi connectivity index (χ4n) is 2.15. The molecule has 0 aliphatic heterocycles. The predicted octanol–water partition coefficient (Wildman–Crippen LogP) is 1.38. The van der Waals surface area contributed by atoms with E-state index in [-0.39, 0.29) is 5.92 Å². The van der Waals surface area contributed by atoms with Crippen molar-refractivity contribution in [1.82, 2.24) is 0 Å². The number of fused-ring (bicyclic) bond motifs is 1. The smallest absolute Gasteiger partial charge is 0.109 e. The minimum atomic E-state index is -0.707. The first kappa shape index (κ1) is 8.73. The number of rotatable bonds is 1. The van der Waals surface area contributed by atoms with Crippen molar-refractivity contribution in [3.63, 3.8) is 0 Å². The van der Waals surface area contributed by atoms with Crippen LogP contribution >= 0.6 is 0 Å². The zero-order chi connectivity index (χ0) is 9.26. The van der Waals surface area contributed by atoms with Gasteiger partial charge in [-0.3, -0.25) is 0 Å². The van der Waals surface area contributed by atoms with Crippen LogP contribution in [-0.2, 0) is 6.42 Å². The summed E-state index contributed by atoms with van der Waals surface area (Å²) in [6, 6.07) is 8.27. The van der Waals surface area contributed by atoms with Gasteiger partial charge in [0.15, 0.2) is 0 Å². The molecule has 0 saturated carbocycles. The molecular weight excluding hydrogens is 162 g/mol. The molecule has 2 unspecified atom stereocenters. The summed E-state index contributed by atoms with van der Waals surface area (Å²) in [6.07, 6.45) is 2.56. The van der Waals surface area contributed by atoms with E-state index in [0.717, 1.165) is 19.3 Å². The Kier molecular flexibility index (Phi) is 2.34. The standard InChI is InChI=1S/C11H15NO/c12-11(13)10-7-3-5-8-4-1-2-6-9(8)10/h1-2,4,6,10-11,13H,3,5,7,12H2. The molecule has 0 aromatic heterocycles. The van der Waals surface area contributed by atoms with Gasteiger partial charge in [-0.2, -0.15) is 0 Å². The van der Waals surface area contributed by atoms with Crippen LogP contribution in [0.15, 0.2) is 24.3 Å². The molecule has 70 valence electrons. The zero-order valence-corrected chi connectivity index (χ0v) is 7.61. The molecule has 2 nitrogen and oxygen atoms in total. The van der Waals surface area contributed by atoms with Crippen LogP contribution in [0.5, 0.6) is 0 Å². The van der Waals surface area contributed by atoms with Gasteiger partial charge in [0.25, 0.3) is 0 Å². The molecule has 0 bridgehead atoms. The van der Waals surface area contributed by atoms with E-state index in [4.69, 9.17) is 5.73 Å². The first-order valence-electron chi connectivity index (χ1n) is 4.80. The van der Waals surface area contributed by atoms with Crippen molar-refractivity contribution in [2.75, 3.05) is 0 Å². The lowest BCUT2D eigenvalue weighted by molar-refractivity contribution is 0.141. The maximum Gasteiger partial charge on any atom is 0.109 e. The van der Waals surface area contributed by atoms with Crippen molar-refractivity contribution in [3.05, 3.63) is 35.4 Å². The number of hydrogen-bond acceptors (Lipinski definition) is 2. The fourth-order valence-corrected chi connectivity index (χ4v) is 2.15. The Morgan fingerprint density at radius 2 is 2.15 bits per heavy atom. The molecule has 1 aromatic rings. The van der Waals surface area contributed by atoms with Gasteiger partial charge in [-0.25, -0.2) is 0 Å². The van der Waals surface area contributed by atoms with Crippen LogP contribution in [0.1, 0.15) is 29.9 Å². The highest BCUT2D eigenvalue weighted by Gasteiger charge is 2.23. The molecular formula is C11H15NO. The van der Waals surface area contributed by atoms with Gasteiger partial charge in [0, 0.05) is 5.92 Å². The summed E-state index contributed by atoms with van der Waals surface area (Å²) in [7, 11) is 0. The highest BCUT2D eigenvalue weighted by molar-refractivity contribution is 5.33. The summed E-state index contributed by atoms with van der Waals surface area (Å²) in [5.41, 5.74) is 8.13. The number of aliphatic hydroxyl groups is 1. The Balaban J connectivity index is 2.37. The molecule has 13 heavy (non-hydrogen) atoms. The molecule has 1 aliphatic carbocycles. The average Bonchev–Trinajstić information content (AvgIpc) is 2.17. The number of nitrogens with two attached hydrogens (primary N) is 1. The van der Waals surface area contributed by atoms with Crippen LogP contribution in [0.2, 0.25) is 0 Å². The van der Waals surface area contributed by atoms with Crippen LogP contribution in [-0.4, -0.2) is 11.3 Å². The topological polar surface area (TPSA) is 46.2 Å². The zero-order valence-electron chi connectivity index (χ0n) is 7.61. The normalized spacial score (nSPS) is 23.7. The van der Waals surface area contributed by atoms with Crippen LogP contribution in [0, 0.1) is 0 Å². The first-order chi connectivity index (χ1) is 6.29. The third kappa shape index (κ3) is 1.60. The van der Waals surface area contributed by atoms with Crippen LogP contribution in [0.4, 0.5) is 0 Å². The van der Waals surface area contributed by atoms with Crippen molar-refractivity contribution >= 4 is 0 Å². The van der Waals surface area contributed by atoms with Gasteiger partial charge >= 0.3 is 0 Å². The van der Waals surface area contributed by atoms with Gasteiger partial charge in [-0.15, -0.1) is 0 Å². The van der Waals surface area contributed by atoms with E-state index in [1.54, 1.807) is 0 Å². The molecule has 2 heteroatoms. The number of hydrogen-bond donors (Lipinski definition) is 2. The predicted molar refractivity (Wildman–Crippen MR) is 52.3 cm³/mol. The number of benzene rings is 1. The summed E-state index contributed by atoms with van der Waals surface area (Å²) in [6.45, 7) is 0. The Hall–Kier alpha value is -0.860. The molecule has 0 fully saturated rings. The third-order valence-corrected chi connectivity index (χ3v) is 2.83. The second-order valence-corrected chi connectivity index (χ2v) is 3.69. The monoisotopic (exact) mass is 177 g/mol. The van der Waals surface area contributed by atoms with E-state index in [9.17, 15) is 5.11 Å². The summed E-state index contributed by atoms with van der Waals surface area (Å²) < 4.78 is 0. The van der Waals surface area contributed by atoms with E-state index in [0.29, 0.717) is 0 Å². The van der Waals surface area contributed by atoms with Gasteiger partial charge in [-0.1, -0.05) is 24.3 Å². The maximum absolute atomic E-state index is 9.40. The van der Waals surface area contributed by atoms with Crippen molar-refractivity contribution in [2.24, 2.45) is 5.73 Å². The average molecular weight is 177 g/mol. The molecule has 2 rings (SSSR count). The van der Waals surface area contributed by atoms with Crippen molar-refractivity contribution in [3.8, 4) is 0 Å². The Labute approximate surface area is 78.4 Å². The summed E-state index contributed by atoms with van der Waals surface area (Å²) in [4.78, 5) is 0. The third-order valence-electron chi connectivity index (χ3n) is 2.83. The summed E-state index contributed by atoms with van der Waals surface area (Å²) >= 11 is 0. The molecule has 0 amide bonds. The molecule has 3 N–H and O–H groups in total. The molecule has 0 heterocycles. The summed E-state index contributed by atoms with van der Waals surface area (Å²) in [5.74, 6) is 0.143. The first-order valence-corrected chi connectivity index (χ1v) is 4.80. The number of aliphatic hydroxyl groups excluding tert-OH is 1. The van der Waals surface area contributed by atoms with E-state index in [1.807, 2.05) is 12.1 Å². The van der Waals surface area contributed by atoms with Crippen molar-refractivity contribution < 1.29 is 5.11 Å². The van der Waals surface area contributed by atoms with E-state index >= 15 is 0 Å². The number of aryl methyl sites for hydroxylation is 1. The SMILES string of the molecule is NC(O)C1CCCc2ccccc21. The highest BCUT2D eigenvalue weighted by atomic mass is 16.3. The second-order valence-electron chi connectivity index (χ2n) is 3.69. The minimum Gasteiger partial charge on any atom is -0.378 e. The molecule has 0 radical (unpaired) electrons. The van der Waals surface area contributed by atoms with E-state index < -0.39 is 6.23 Å². The van der Waals surface area contributed by atoms with E-state index in [1.165, 1.54) is 11.1 Å². The highest BCUT2D eigenvalue weighted by Crippen LogP contribution is 2.32. The van der Waals surface area contributed by atoms with Crippen LogP contribution < -0.4 is 5.73 Å². The van der Waals surface area contributed by atoms with Crippen molar-refractivity contribution in [1.29, 1.82) is 0 Å². The van der Waals surface area contributed by atoms with Gasteiger partial charge in [0.2, 0.25) is 0 Å².